The summed E-state index contributed by atoms with van der Waals surface area (Å²) in [5.74, 6) is 0.784. The van der Waals surface area contributed by atoms with Crippen LogP contribution >= 0.6 is 11.6 Å². The summed E-state index contributed by atoms with van der Waals surface area (Å²) in [5, 5.41) is 3.61. The molecule has 24 heavy (non-hydrogen) atoms. The van der Waals surface area contributed by atoms with Gasteiger partial charge in [-0.25, -0.2) is 9.97 Å². The Kier molecular flexibility index (Phi) is 5.27. The fraction of sp³-hybridized carbons (Fsp3) is 0.353. The Hall–Kier alpha value is -2.18. The minimum Gasteiger partial charge on any atom is -0.330 e. The van der Waals surface area contributed by atoms with Gasteiger partial charge in [0.1, 0.15) is 0 Å². The fourth-order valence-corrected chi connectivity index (χ4v) is 2.98. The van der Waals surface area contributed by atoms with Crippen LogP contribution in [0.4, 0.5) is 11.6 Å². The highest BCUT2D eigenvalue weighted by atomic mass is 35.5. The molecule has 7 heteroatoms. The zero-order valence-electron chi connectivity index (χ0n) is 13.6. The van der Waals surface area contributed by atoms with Crippen LogP contribution in [0.25, 0.3) is 0 Å². The molecule has 3 rings (SSSR count). The maximum atomic E-state index is 12.4. The molecule has 1 saturated heterocycles. The van der Waals surface area contributed by atoms with Crippen molar-refractivity contribution in [2.45, 2.75) is 13.0 Å². The first-order valence-electron chi connectivity index (χ1n) is 8.06. The van der Waals surface area contributed by atoms with Crippen molar-refractivity contribution in [3.8, 4) is 0 Å². The SMILES string of the molecule is C[C@H](C(=O)Nc1ccc(Cl)cc1)[NH+]1CCN(c2ncccn2)CC1. The van der Waals surface area contributed by atoms with E-state index >= 15 is 0 Å². The van der Waals surface area contributed by atoms with Crippen LogP contribution < -0.4 is 15.1 Å². The van der Waals surface area contributed by atoms with Crippen LogP contribution in [0.3, 0.4) is 0 Å². The van der Waals surface area contributed by atoms with Crippen molar-refractivity contribution in [3.63, 3.8) is 0 Å². The lowest BCUT2D eigenvalue weighted by atomic mass is 10.2. The number of nitrogens with one attached hydrogen (secondary N) is 2. The lowest BCUT2D eigenvalue weighted by molar-refractivity contribution is -0.914. The summed E-state index contributed by atoms with van der Waals surface area (Å²) >= 11 is 5.87. The van der Waals surface area contributed by atoms with Crippen molar-refractivity contribution >= 4 is 29.1 Å². The quantitative estimate of drug-likeness (QED) is 0.862. The van der Waals surface area contributed by atoms with Crippen molar-refractivity contribution in [3.05, 3.63) is 47.7 Å². The predicted octanol–water partition coefficient (Wildman–Crippen LogP) is 0.862. The molecule has 2 N–H and O–H groups in total. The number of hydrogen-bond donors (Lipinski definition) is 2. The number of piperazine rings is 1. The van der Waals surface area contributed by atoms with Gasteiger partial charge in [0, 0.05) is 23.1 Å². The molecule has 0 saturated carbocycles. The summed E-state index contributed by atoms with van der Waals surface area (Å²) in [4.78, 5) is 24.4. The van der Waals surface area contributed by atoms with Gasteiger partial charge in [-0.3, -0.25) is 4.79 Å². The van der Waals surface area contributed by atoms with E-state index in [1.54, 1.807) is 24.5 Å². The summed E-state index contributed by atoms with van der Waals surface area (Å²) in [6, 6.07) is 8.87. The summed E-state index contributed by atoms with van der Waals surface area (Å²) < 4.78 is 0. The average Bonchev–Trinajstić information content (AvgIpc) is 2.64. The van der Waals surface area contributed by atoms with Gasteiger partial charge < -0.3 is 15.1 Å². The van der Waals surface area contributed by atoms with Crippen LogP contribution in [-0.2, 0) is 4.79 Å². The Labute approximate surface area is 146 Å². The van der Waals surface area contributed by atoms with Gasteiger partial charge in [0.2, 0.25) is 5.95 Å². The second-order valence-corrected chi connectivity index (χ2v) is 6.35. The number of hydrogen-bond acceptors (Lipinski definition) is 4. The highest BCUT2D eigenvalue weighted by Gasteiger charge is 2.29. The van der Waals surface area contributed by atoms with E-state index < -0.39 is 0 Å². The Bertz CT molecular complexity index is 671. The van der Waals surface area contributed by atoms with Gasteiger partial charge in [-0.1, -0.05) is 11.6 Å². The van der Waals surface area contributed by atoms with E-state index in [9.17, 15) is 4.79 Å². The first kappa shape index (κ1) is 16.7. The van der Waals surface area contributed by atoms with E-state index in [0.29, 0.717) is 5.02 Å². The maximum Gasteiger partial charge on any atom is 0.282 e. The lowest BCUT2D eigenvalue weighted by Crippen LogP contribution is -3.19. The molecule has 0 spiro atoms. The van der Waals surface area contributed by atoms with Crippen molar-refractivity contribution in [2.24, 2.45) is 0 Å². The first-order chi connectivity index (χ1) is 11.6. The lowest BCUT2D eigenvalue weighted by Gasteiger charge is -2.34. The Morgan fingerprint density at radius 2 is 1.83 bits per heavy atom. The Balaban J connectivity index is 1.53. The monoisotopic (exact) mass is 346 g/mol. The molecule has 0 unspecified atom stereocenters. The fourth-order valence-electron chi connectivity index (χ4n) is 2.85. The van der Waals surface area contributed by atoms with E-state index in [1.807, 2.05) is 25.1 Å². The largest absolute Gasteiger partial charge is 0.330 e. The summed E-state index contributed by atoms with van der Waals surface area (Å²) in [6.45, 7) is 5.42. The number of halogens is 1. The number of carbonyl (C=O) groups excluding carboxylic acids is 1. The van der Waals surface area contributed by atoms with Gasteiger partial charge >= 0.3 is 0 Å². The minimum absolute atomic E-state index is 0.0248. The standard InChI is InChI=1S/C17H20ClN5O/c1-13(16(24)21-15-5-3-14(18)4-6-15)22-9-11-23(12-10-22)17-19-7-2-8-20-17/h2-8,13H,9-12H2,1H3,(H,21,24)/p+1/t13-/m1/s1. The van der Waals surface area contributed by atoms with Gasteiger partial charge in [-0.15, -0.1) is 0 Å². The molecule has 2 aromatic rings. The molecule has 6 nitrogen and oxygen atoms in total. The van der Waals surface area contributed by atoms with E-state index in [1.165, 1.54) is 4.90 Å². The van der Waals surface area contributed by atoms with Crippen molar-refractivity contribution in [2.75, 3.05) is 36.4 Å². The maximum absolute atomic E-state index is 12.4. The molecule has 126 valence electrons. The molecule has 1 aliphatic rings. The molecule has 0 aliphatic carbocycles. The second-order valence-electron chi connectivity index (χ2n) is 5.91. The van der Waals surface area contributed by atoms with Crippen LogP contribution in [0, 0.1) is 0 Å². The number of benzene rings is 1. The number of nitrogens with zero attached hydrogens (tertiary/aromatic N) is 3. The van der Waals surface area contributed by atoms with Crippen LogP contribution in [0.1, 0.15) is 6.92 Å². The molecular formula is C17H21ClN5O+. The van der Waals surface area contributed by atoms with Crippen molar-refractivity contribution in [1.82, 2.24) is 9.97 Å². The zero-order valence-corrected chi connectivity index (χ0v) is 14.3. The van der Waals surface area contributed by atoms with Gasteiger partial charge in [-0.2, -0.15) is 0 Å². The third-order valence-electron chi connectivity index (χ3n) is 4.36. The van der Waals surface area contributed by atoms with Gasteiger partial charge in [0.05, 0.1) is 26.2 Å². The molecule has 1 atom stereocenters. The highest BCUT2D eigenvalue weighted by molar-refractivity contribution is 6.30. The third-order valence-corrected chi connectivity index (χ3v) is 4.61. The number of quaternary nitrogens is 1. The number of anilines is 2. The van der Waals surface area contributed by atoms with Crippen LogP contribution in [-0.4, -0.2) is 48.1 Å². The molecule has 1 aromatic heterocycles. The molecule has 1 aliphatic heterocycles. The third kappa shape index (κ3) is 4.01. The Morgan fingerprint density at radius 3 is 2.46 bits per heavy atom. The van der Waals surface area contributed by atoms with Crippen LogP contribution in [0.5, 0.6) is 0 Å². The summed E-state index contributed by atoms with van der Waals surface area (Å²) in [7, 11) is 0. The van der Waals surface area contributed by atoms with E-state index in [0.717, 1.165) is 37.8 Å². The molecule has 2 heterocycles. The summed E-state index contributed by atoms with van der Waals surface area (Å²) in [6.07, 6.45) is 3.51. The molecule has 0 bridgehead atoms. The minimum atomic E-state index is -0.112. The van der Waals surface area contributed by atoms with Gasteiger partial charge in [0.15, 0.2) is 6.04 Å². The molecule has 0 radical (unpaired) electrons. The van der Waals surface area contributed by atoms with Crippen LogP contribution in [0.2, 0.25) is 5.02 Å². The van der Waals surface area contributed by atoms with E-state index in [2.05, 4.69) is 20.2 Å². The zero-order chi connectivity index (χ0) is 16.9. The van der Waals surface area contributed by atoms with Gasteiger partial charge in [0.25, 0.3) is 5.91 Å². The molecule has 1 fully saturated rings. The summed E-state index contributed by atoms with van der Waals surface area (Å²) in [5.41, 5.74) is 0.770. The van der Waals surface area contributed by atoms with Crippen molar-refractivity contribution < 1.29 is 9.69 Å². The highest BCUT2D eigenvalue weighted by Crippen LogP contribution is 2.13. The van der Waals surface area contributed by atoms with E-state index in [4.69, 9.17) is 11.6 Å². The number of amides is 1. The molecule has 1 amide bonds. The smallest absolute Gasteiger partial charge is 0.282 e. The first-order valence-corrected chi connectivity index (χ1v) is 8.44. The number of carbonyl (C=O) groups is 1. The number of aromatic nitrogens is 2. The topological polar surface area (TPSA) is 62.6 Å². The van der Waals surface area contributed by atoms with E-state index in [-0.39, 0.29) is 11.9 Å². The normalized spacial score (nSPS) is 16.7. The average molecular weight is 347 g/mol. The molecule has 1 aromatic carbocycles. The van der Waals surface area contributed by atoms with Crippen molar-refractivity contribution in [1.29, 1.82) is 0 Å². The van der Waals surface area contributed by atoms with Gasteiger partial charge in [-0.05, 0) is 37.3 Å². The number of rotatable bonds is 4. The molecular weight excluding hydrogens is 326 g/mol. The second kappa shape index (κ2) is 7.59. The Morgan fingerprint density at radius 1 is 1.21 bits per heavy atom. The van der Waals surface area contributed by atoms with Crippen LogP contribution in [0.15, 0.2) is 42.7 Å². The predicted molar refractivity (Wildman–Crippen MR) is 94.5 cm³/mol.